The third kappa shape index (κ3) is 3.32. The maximum Gasteiger partial charge on any atom is 0.251 e. The van der Waals surface area contributed by atoms with Gasteiger partial charge in [0.25, 0.3) is 5.91 Å². The summed E-state index contributed by atoms with van der Waals surface area (Å²) < 4.78 is 0. The molecule has 1 heterocycles. The summed E-state index contributed by atoms with van der Waals surface area (Å²) in [6.07, 6.45) is 0.214. The Hall–Kier alpha value is -1.43. The maximum atomic E-state index is 11.7. The van der Waals surface area contributed by atoms with E-state index in [1.54, 1.807) is 7.05 Å². The number of rotatable bonds is 4. The molecule has 0 aliphatic carbocycles. The third-order valence-corrected chi connectivity index (χ3v) is 3.87. The molecule has 19 heavy (non-hydrogen) atoms. The van der Waals surface area contributed by atoms with Crippen molar-refractivity contribution in [2.45, 2.75) is 6.42 Å². The van der Waals surface area contributed by atoms with Crippen LogP contribution in [0.25, 0.3) is 10.6 Å². The quantitative estimate of drug-likeness (QED) is 0.815. The fourth-order valence-corrected chi connectivity index (χ4v) is 2.65. The average Bonchev–Trinajstić information content (AvgIpc) is 2.86. The summed E-state index contributed by atoms with van der Waals surface area (Å²) in [6.45, 7) is 0. The second-order valence-electron chi connectivity index (χ2n) is 3.87. The zero-order chi connectivity index (χ0) is 13.8. The molecule has 2 aromatic rings. The lowest BCUT2D eigenvalue weighted by Gasteiger charge is -2.12. The molecule has 0 spiro atoms. The van der Waals surface area contributed by atoms with E-state index in [0.29, 0.717) is 10.7 Å². The molecule has 6 heteroatoms. The Kier molecular flexibility index (Phi) is 4.52. The fourth-order valence-electron chi connectivity index (χ4n) is 1.51. The minimum absolute atomic E-state index is 0.140. The number of hydroxylamine groups is 2. The number of aromatic nitrogens is 1. The number of nitrogens with zero attached hydrogens (tertiary/aromatic N) is 2. The van der Waals surface area contributed by atoms with E-state index in [0.717, 1.165) is 10.6 Å². The van der Waals surface area contributed by atoms with Crippen LogP contribution in [0.1, 0.15) is 5.69 Å². The zero-order valence-corrected chi connectivity index (χ0v) is 12.2. The molecular formula is C13H13ClN2O2S. The first kappa shape index (κ1) is 14.0. The Morgan fingerprint density at radius 1 is 1.47 bits per heavy atom. The summed E-state index contributed by atoms with van der Waals surface area (Å²) in [5.74, 6) is -0.140. The fraction of sp³-hybridized carbons (Fsp3) is 0.231. The van der Waals surface area contributed by atoms with Crippen LogP contribution in [0.2, 0.25) is 5.02 Å². The van der Waals surface area contributed by atoms with Crippen LogP contribution < -0.4 is 0 Å². The molecule has 0 saturated carbocycles. The van der Waals surface area contributed by atoms with E-state index >= 15 is 0 Å². The van der Waals surface area contributed by atoms with E-state index in [1.807, 2.05) is 29.6 Å². The van der Waals surface area contributed by atoms with E-state index in [1.165, 1.54) is 23.5 Å². The van der Waals surface area contributed by atoms with E-state index in [4.69, 9.17) is 16.4 Å². The summed E-state index contributed by atoms with van der Waals surface area (Å²) in [4.78, 5) is 21.0. The summed E-state index contributed by atoms with van der Waals surface area (Å²) in [6, 6.07) is 7.51. The zero-order valence-electron chi connectivity index (χ0n) is 10.6. The van der Waals surface area contributed by atoms with Gasteiger partial charge in [-0.1, -0.05) is 29.8 Å². The third-order valence-electron chi connectivity index (χ3n) is 2.61. The number of hydrogen-bond acceptors (Lipinski definition) is 4. The van der Waals surface area contributed by atoms with Crippen molar-refractivity contribution in [2.24, 2.45) is 0 Å². The number of likely N-dealkylation sites (N-methyl/N-ethyl adjacent to an activating group) is 1. The van der Waals surface area contributed by atoms with Gasteiger partial charge < -0.3 is 0 Å². The number of benzene rings is 1. The van der Waals surface area contributed by atoms with Crippen LogP contribution >= 0.6 is 22.9 Å². The molecule has 0 aliphatic rings. The molecule has 100 valence electrons. The lowest BCUT2D eigenvalue weighted by atomic mass is 10.2. The Bertz CT molecular complexity index is 586. The smallest absolute Gasteiger partial charge is 0.251 e. The van der Waals surface area contributed by atoms with Crippen molar-refractivity contribution in [3.63, 3.8) is 0 Å². The number of carbonyl (C=O) groups excluding carboxylic acids is 1. The molecule has 1 amide bonds. The molecule has 0 atom stereocenters. The van der Waals surface area contributed by atoms with Gasteiger partial charge in [0.1, 0.15) is 5.01 Å². The highest BCUT2D eigenvalue weighted by atomic mass is 35.5. The normalized spacial score (nSPS) is 10.5. The van der Waals surface area contributed by atoms with Crippen molar-refractivity contribution in [3.8, 4) is 10.6 Å². The van der Waals surface area contributed by atoms with Gasteiger partial charge in [-0.05, 0) is 6.07 Å². The van der Waals surface area contributed by atoms with Gasteiger partial charge in [0, 0.05) is 18.0 Å². The highest BCUT2D eigenvalue weighted by Crippen LogP contribution is 2.30. The van der Waals surface area contributed by atoms with Crippen molar-refractivity contribution in [1.29, 1.82) is 0 Å². The summed E-state index contributed by atoms with van der Waals surface area (Å²) in [7, 11) is 3.03. The Morgan fingerprint density at radius 2 is 2.21 bits per heavy atom. The second kappa shape index (κ2) is 6.14. The molecule has 1 aromatic heterocycles. The number of carbonyl (C=O) groups is 1. The van der Waals surface area contributed by atoms with Crippen molar-refractivity contribution in [1.82, 2.24) is 10.0 Å². The largest absolute Gasteiger partial charge is 0.275 e. The van der Waals surface area contributed by atoms with Crippen LogP contribution in [0.4, 0.5) is 0 Å². The minimum Gasteiger partial charge on any atom is -0.275 e. The van der Waals surface area contributed by atoms with Crippen LogP contribution in [-0.2, 0) is 16.1 Å². The van der Waals surface area contributed by atoms with Crippen molar-refractivity contribution < 1.29 is 9.63 Å². The van der Waals surface area contributed by atoms with Gasteiger partial charge in [-0.25, -0.2) is 10.0 Å². The van der Waals surface area contributed by atoms with Gasteiger partial charge in [-0.15, -0.1) is 11.3 Å². The van der Waals surface area contributed by atoms with Crippen LogP contribution in [0, 0.1) is 0 Å². The SMILES string of the molecule is CON(C)C(=O)Cc1csc(-c2ccccc2Cl)n1. The van der Waals surface area contributed by atoms with Crippen molar-refractivity contribution in [2.75, 3.05) is 14.2 Å². The van der Waals surface area contributed by atoms with Gasteiger partial charge in [0.05, 0.1) is 24.2 Å². The highest BCUT2D eigenvalue weighted by Gasteiger charge is 2.13. The summed E-state index contributed by atoms with van der Waals surface area (Å²) in [5.41, 5.74) is 1.60. The van der Waals surface area contributed by atoms with E-state index < -0.39 is 0 Å². The second-order valence-corrected chi connectivity index (χ2v) is 5.14. The van der Waals surface area contributed by atoms with E-state index in [-0.39, 0.29) is 12.3 Å². The van der Waals surface area contributed by atoms with Gasteiger partial charge >= 0.3 is 0 Å². The van der Waals surface area contributed by atoms with E-state index in [2.05, 4.69) is 4.98 Å². The number of hydrogen-bond donors (Lipinski definition) is 0. The molecule has 0 bridgehead atoms. The predicted octanol–water partition coefficient (Wildman–Crippen LogP) is 3.03. The van der Waals surface area contributed by atoms with Gasteiger partial charge in [-0.2, -0.15) is 0 Å². The molecular weight excluding hydrogens is 284 g/mol. The predicted molar refractivity (Wildman–Crippen MR) is 76.0 cm³/mol. The first-order valence-corrected chi connectivity index (χ1v) is 6.87. The topological polar surface area (TPSA) is 42.4 Å². The van der Waals surface area contributed by atoms with Gasteiger partial charge in [0.15, 0.2) is 0 Å². The Balaban J connectivity index is 2.16. The molecule has 0 radical (unpaired) electrons. The number of halogens is 1. The van der Waals surface area contributed by atoms with E-state index in [9.17, 15) is 4.79 Å². The standard InChI is InChI=1S/C13H13ClN2O2S/c1-16(18-2)12(17)7-9-8-19-13(15-9)10-5-3-4-6-11(10)14/h3-6,8H,7H2,1-2H3. The van der Waals surface area contributed by atoms with Crippen LogP contribution in [0.15, 0.2) is 29.6 Å². The average molecular weight is 297 g/mol. The minimum atomic E-state index is -0.140. The molecule has 4 nitrogen and oxygen atoms in total. The molecule has 0 saturated heterocycles. The number of thiazole rings is 1. The van der Waals surface area contributed by atoms with Crippen LogP contribution in [0.3, 0.4) is 0 Å². The molecule has 0 unspecified atom stereocenters. The van der Waals surface area contributed by atoms with Gasteiger partial charge in [-0.3, -0.25) is 9.63 Å². The lowest BCUT2D eigenvalue weighted by molar-refractivity contribution is -0.167. The molecule has 0 fully saturated rings. The monoisotopic (exact) mass is 296 g/mol. The molecule has 2 rings (SSSR count). The summed E-state index contributed by atoms with van der Waals surface area (Å²) in [5, 5.41) is 4.52. The van der Waals surface area contributed by atoms with Crippen LogP contribution in [-0.4, -0.2) is 30.1 Å². The Labute approximate surface area is 120 Å². The van der Waals surface area contributed by atoms with Crippen molar-refractivity contribution in [3.05, 3.63) is 40.4 Å². The first-order chi connectivity index (χ1) is 9.11. The van der Waals surface area contributed by atoms with Crippen molar-refractivity contribution >= 4 is 28.8 Å². The van der Waals surface area contributed by atoms with Gasteiger partial charge in [0.2, 0.25) is 0 Å². The van der Waals surface area contributed by atoms with Crippen LogP contribution in [0.5, 0.6) is 0 Å². The lowest BCUT2D eigenvalue weighted by Crippen LogP contribution is -2.27. The molecule has 0 N–H and O–H groups in total. The first-order valence-electron chi connectivity index (χ1n) is 5.61. The number of amides is 1. The Morgan fingerprint density at radius 3 is 2.89 bits per heavy atom. The molecule has 1 aromatic carbocycles. The highest BCUT2D eigenvalue weighted by molar-refractivity contribution is 7.13. The molecule has 0 aliphatic heterocycles. The maximum absolute atomic E-state index is 11.7. The summed E-state index contributed by atoms with van der Waals surface area (Å²) >= 11 is 7.59.